The average Bonchev–Trinajstić information content (AvgIpc) is 2.66. The molecule has 0 atom stereocenters. The summed E-state index contributed by atoms with van der Waals surface area (Å²) in [6, 6.07) is 11.1. The van der Waals surface area contributed by atoms with Crippen molar-refractivity contribution in [1.29, 1.82) is 0 Å². The first-order valence-corrected chi connectivity index (χ1v) is 9.24. The average molecular weight is 395 g/mol. The maximum atomic E-state index is 12.7. The molecule has 0 fully saturated rings. The number of aryl methyl sites for hydroxylation is 3. The van der Waals surface area contributed by atoms with Gasteiger partial charge >= 0.3 is 0 Å². The summed E-state index contributed by atoms with van der Waals surface area (Å²) >= 11 is 5.19. The van der Waals surface area contributed by atoms with Crippen molar-refractivity contribution in [2.75, 3.05) is 5.32 Å². The third kappa shape index (κ3) is 4.17. The van der Waals surface area contributed by atoms with Crippen molar-refractivity contribution < 1.29 is 4.79 Å². The highest BCUT2D eigenvalue weighted by atomic mass is 32.1. The number of hydrogen-bond donors (Lipinski definition) is 3. The molecule has 0 saturated heterocycles. The number of hydrazine groups is 1. The zero-order valence-electron chi connectivity index (χ0n) is 15.9. The van der Waals surface area contributed by atoms with Crippen LogP contribution < -0.4 is 21.6 Å². The summed E-state index contributed by atoms with van der Waals surface area (Å²) in [6.07, 6.45) is 1.52. The van der Waals surface area contributed by atoms with E-state index in [-0.39, 0.29) is 16.1 Å². The first-order valence-electron chi connectivity index (χ1n) is 8.84. The van der Waals surface area contributed by atoms with E-state index in [4.69, 9.17) is 12.2 Å². The maximum absolute atomic E-state index is 12.7. The number of aromatic nitrogens is 2. The van der Waals surface area contributed by atoms with E-state index in [1.807, 2.05) is 45.0 Å². The van der Waals surface area contributed by atoms with Crippen molar-refractivity contribution in [2.24, 2.45) is 0 Å². The molecule has 3 N–H and O–H groups in total. The molecule has 0 spiro atoms. The van der Waals surface area contributed by atoms with Gasteiger partial charge in [-0.25, -0.2) is 4.98 Å². The minimum atomic E-state index is -0.567. The second kappa shape index (κ2) is 8.18. The van der Waals surface area contributed by atoms with Gasteiger partial charge in [0.15, 0.2) is 5.11 Å². The van der Waals surface area contributed by atoms with Crippen LogP contribution in [0.2, 0.25) is 0 Å². The van der Waals surface area contributed by atoms with Crippen molar-refractivity contribution in [3.8, 4) is 0 Å². The summed E-state index contributed by atoms with van der Waals surface area (Å²) in [7, 11) is 0. The number of carbonyl (C=O) groups excluding carboxylic acids is 1. The zero-order valence-corrected chi connectivity index (χ0v) is 16.7. The van der Waals surface area contributed by atoms with Crippen LogP contribution in [0.25, 0.3) is 11.0 Å². The number of thiocarbonyl (C=S) groups is 1. The largest absolute Gasteiger partial charge is 0.332 e. The topological polar surface area (TPSA) is 88.0 Å². The number of carbonyl (C=O) groups is 1. The SMILES string of the molecule is CCn1cc(C(=O)NNC(=S)Nc2cccc(C)c2)c(=O)c2ccc(C)nc21. The lowest BCUT2D eigenvalue weighted by Gasteiger charge is -2.14. The van der Waals surface area contributed by atoms with Crippen LogP contribution in [0.4, 0.5) is 5.69 Å². The number of fused-ring (bicyclic) bond motifs is 1. The Hall–Kier alpha value is -3.26. The fraction of sp³-hybridized carbons (Fsp3) is 0.200. The Balaban J connectivity index is 1.78. The number of anilines is 1. The van der Waals surface area contributed by atoms with E-state index in [1.165, 1.54) is 6.20 Å². The molecule has 0 aliphatic rings. The molecule has 8 heteroatoms. The van der Waals surface area contributed by atoms with Gasteiger partial charge < -0.3 is 9.88 Å². The molecule has 0 bridgehead atoms. The number of rotatable bonds is 3. The molecule has 0 aliphatic heterocycles. The van der Waals surface area contributed by atoms with E-state index >= 15 is 0 Å². The van der Waals surface area contributed by atoms with Gasteiger partial charge in [-0.15, -0.1) is 0 Å². The highest BCUT2D eigenvalue weighted by molar-refractivity contribution is 7.80. The number of pyridine rings is 2. The van der Waals surface area contributed by atoms with Gasteiger partial charge in [0.05, 0.1) is 5.39 Å². The Labute approximate surface area is 167 Å². The molecule has 1 aromatic carbocycles. The van der Waals surface area contributed by atoms with Crippen LogP contribution >= 0.6 is 12.2 Å². The van der Waals surface area contributed by atoms with Gasteiger partial charge in [-0.2, -0.15) is 0 Å². The first kappa shape index (κ1) is 19.5. The standard InChI is InChI=1S/C20H21N5O2S/c1-4-25-11-16(17(26)15-9-8-13(3)21-18(15)25)19(27)23-24-20(28)22-14-7-5-6-12(2)10-14/h5-11H,4H2,1-3H3,(H,23,27)(H2,22,24,28). The van der Waals surface area contributed by atoms with Crippen LogP contribution in [0.15, 0.2) is 47.4 Å². The molecular weight excluding hydrogens is 374 g/mol. The quantitative estimate of drug-likeness (QED) is 0.467. The highest BCUT2D eigenvalue weighted by Crippen LogP contribution is 2.11. The third-order valence-electron chi connectivity index (χ3n) is 4.21. The number of nitrogens with one attached hydrogen (secondary N) is 3. The van der Waals surface area contributed by atoms with Gasteiger partial charge in [0.1, 0.15) is 11.2 Å². The van der Waals surface area contributed by atoms with Crippen LogP contribution in [0, 0.1) is 13.8 Å². The Kier molecular flexibility index (Phi) is 5.70. The summed E-state index contributed by atoms with van der Waals surface area (Å²) in [4.78, 5) is 29.7. The normalized spacial score (nSPS) is 10.5. The Morgan fingerprint density at radius 1 is 1.18 bits per heavy atom. The van der Waals surface area contributed by atoms with Crippen LogP contribution in [-0.2, 0) is 6.54 Å². The molecule has 2 heterocycles. The van der Waals surface area contributed by atoms with Crippen molar-refractivity contribution in [3.63, 3.8) is 0 Å². The molecule has 0 saturated carbocycles. The Bertz CT molecular complexity index is 1120. The molecular formula is C20H21N5O2S. The van der Waals surface area contributed by atoms with Crippen LogP contribution in [0.1, 0.15) is 28.5 Å². The maximum Gasteiger partial charge on any atom is 0.275 e. The number of nitrogens with zero attached hydrogens (tertiary/aromatic N) is 2. The second-order valence-corrected chi connectivity index (χ2v) is 6.79. The molecule has 28 heavy (non-hydrogen) atoms. The van der Waals surface area contributed by atoms with Gasteiger partial charge in [-0.3, -0.25) is 20.4 Å². The van der Waals surface area contributed by atoms with Crippen molar-refractivity contribution in [2.45, 2.75) is 27.3 Å². The van der Waals surface area contributed by atoms with Crippen LogP contribution in [0.5, 0.6) is 0 Å². The molecule has 0 aliphatic carbocycles. The zero-order chi connectivity index (χ0) is 20.3. The lowest BCUT2D eigenvalue weighted by molar-refractivity contribution is 0.0942. The summed E-state index contributed by atoms with van der Waals surface area (Å²) < 4.78 is 1.78. The fourth-order valence-electron chi connectivity index (χ4n) is 2.83. The first-order chi connectivity index (χ1) is 13.4. The predicted octanol–water partition coefficient (Wildman–Crippen LogP) is 2.66. The second-order valence-electron chi connectivity index (χ2n) is 6.38. The minimum Gasteiger partial charge on any atom is -0.332 e. The summed E-state index contributed by atoms with van der Waals surface area (Å²) in [5.74, 6) is -0.567. The molecule has 7 nitrogen and oxygen atoms in total. The molecule has 0 unspecified atom stereocenters. The molecule has 3 rings (SSSR count). The van der Waals surface area contributed by atoms with Gasteiger partial charge in [0.2, 0.25) is 5.43 Å². The van der Waals surface area contributed by atoms with E-state index in [2.05, 4.69) is 21.2 Å². The van der Waals surface area contributed by atoms with Gasteiger partial charge in [0, 0.05) is 24.1 Å². The molecule has 1 amide bonds. The molecule has 2 aromatic heterocycles. The lowest BCUT2D eigenvalue weighted by Crippen LogP contribution is -2.45. The van der Waals surface area contributed by atoms with Crippen molar-refractivity contribution in [1.82, 2.24) is 20.4 Å². The predicted molar refractivity (Wildman–Crippen MR) is 114 cm³/mol. The minimum absolute atomic E-state index is 0.0193. The lowest BCUT2D eigenvalue weighted by atomic mass is 10.1. The summed E-state index contributed by atoms with van der Waals surface area (Å²) in [5, 5.41) is 3.59. The molecule has 144 valence electrons. The van der Waals surface area contributed by atoms with Gasteiger partial charge in [-0.05, 0) is 62.8 Å². The Morgan fingerprint density at radius 2 is 1.96 bits per heavy atom. The number of hydrogen-bond acceptors (Lipinski definition) is 4. The van der Waals surface area contributed by atoms with E-state index in [1.54, 1.807) is 16.7 Å². The smallest absolute Gasteiger partial charge is 0.275 e. The monoisotopic (exact) mass is 395 g/mol. The van der Waals surface area contributed by atoms with E-state index < -0.39 is 5.91 Å². The summed E-state index contributed by atoms with van der Waals surface area (Å²) in [6.45, 7) is 6.33. The van der Waals surface area contributed by atoms with Crippen molar-refractivity contribution in [3.05, 3.63) is 69.6 Å². The van der Waals surface area contributed by atoms with E-state index in [9.17, 15) is 9.59 Å². The number of amides is 1. The molecule has 0 radical (unpaired) electrons. The van der Waals surface area contributed by atoms with Crippen LogP contribution in [-0.4, -0.2) is 20.6 Å². The van der Waals surface area contributed by atoms with Gasteiger partial charge in [0.25, 0.3) is 5.91 Å². The summed E-state index contributed by atoms with van der Waals surface area (Å²) in [5.41, 5.74) is 8.00. The fourth-order valence-corrected chi connectivity index (χ4v) is 3.00. The van der Waals surface area contributed by atoms with Crippen molar-refractivity contribution >= 4 is 40.0 Å². The molecule has 3 aromatic rings. The van der Waals surface area contributed by atoms with E-state index in [0.29, 0.717) is 17.6 Å². The van der Waals surface area contributed by atoms with Gasteiger partial charge in [-0.1, -0.05) is 12.1 Å². The number of benzene rings is 1. The van der Waals surface area contributed by atoms with E-state index in [0.717, 1.165) is 16.9 Å². The Morgan fingerprint density at radius 3 is 2.68 bits per heavy atom. The third-order valence-corrected chi connectivity index (χ3v) is 4.42. The highest BCUT2D eigenvalue weighted by Gasteiger charge is 2.16. The van der Waals surface area contributed by atoms with Crippen LogP contribution in [0.3, 0.4) is 0 Å².